The molecule has 0 radical (unpaired) electrons. The molecule has 21 heavy (non-hydrogen) atoms. The van der Waals surface area contributed by atoms with Crippen molar-refractivity contribution in [2.24, 2.45) is 11.7 Å². The van der Waals surface area contributed by atoms with E-state index in [0.29, 0.717) is 12.5 Å². The van der Waals surface area contributed by atoms with E-state index in [1.54, 1.807) is 0 Å². The molecule has 2 unspecified atom stereocenters. The third-order valence-electron chi connectivity index (χ3n) is 4.35. The second kappa shape index (κ2) is 5.78. The van der Waals surface area contributed by atoms with Gasteiger partial charge in [0.15, 0.2) is 0 Å². The highest BCUT2D eigenvalue weighted by Crippen LogP contribution is 2.23. The molecule has 110 valence electrons. The van der Waals surface area contributed by atoms with Crippen molar-refractivity contribution in [2.75, 3.05) is 13.1 Å². The van der Waals surface area contributed by atoms with Crippen LogP contribution in [0.15, 0.2) is 40.9 Å². The normalized spacial score (nSPS) is 22.5. The van der Waals surface area contributed by atoms with Crippen LogP contribution in [0.2, 0.25) is 0 Å². The molecule has 1 aliphatic heterocycles. The first-order valence-electron chi connectivity index (χ1n) is 7.29. The summed E-state index contributed by atoms with van der Waals surface area (Å²) in [5, 5.41) is 2.21. The second-order valence-electron chi connectivity index (χ2n) is 5.89. The van der Waals surface area contributed by atoms with Gasteiger partial charge in [0.1, 0.15) is 0 Å². The number of nitrogens with zero attached hydrogens (tertiary/aromatic N) is 1. The number of carbonyl (C=O) groups excluding carboxylic acids is 1. The average molecular weight is 347 g/mol. The molecule has 3 nitrogen and oxygen atoms in total. The Morgan fingerprint density at radius 1 is 1.24 bits per heavy atom. The smallest absolute Gasteiger partial charge is 0.253 e. The lowest BCUT2D eigenvalue weighted by Crippen LogP contribution is -2.49. The number of piperidine rings is 1. The highest BCUT2D eigenvalue weighted by atomic mass is 79.9. The minimum absolute atomic E-state index is 0.0825. The van der Waals surface area contributed by atoms with E-state index in [1.807, 2.05) is 35.2 Å². The van der Waals surface area contributed by atoms with Crippen molar-refractivity contribution in [1.29, 1.82) is 0 Å². The van der Waals surface area contributed by atoms with E-state index in [4.69, 9.17) is 5.73 Å². The van der Waals surface area contributed by atoms with Gasteiger partial charge in [-0.3, -0.25) is 4.79 Å². The Hall–Kier alpha value is -1.39. The van der Waals surface area contributed by atoms with Gasteiger partial charge in [0.25, 0.3) is 5.91 Å². The maximum absolute atomic E-state index is 12.6. The third kappa shape index (κ3) is 2.97. The maximum Gasteiger partial charge on any atom is 0.253 e. The first-order chi connectivity index (χ1) is 10.0. The van der Waals surface area contributed by atoms with E-state index in [1.165, 1.54) is 0 Å². The van der Waals surface area contributed by atoms with Gasteiger partial charge in [0.05, 0.1) is 0 Å². The molecule has 1 heterocycles. The number of benzene rings is 2. The molecular weight excluding hydrogens is 328 g/mol. The molecule has 1 aliphatic rings. The summed E-state index contributed by atoms with van der Waals surface area (Å²) in [6, 6.07) is 12.0. The summed E-state index contributed by atoms with van der Waals surface area (Å²) in [5.74, 6) is 0.574. The molecule has 0 bridgehead atoms. The summed E-state index contributed by atoms with van der Waals surface area (Å²) in [6.07, 6.45) is 0.980. The van der Waals surface area contributed by atoms with E-state index in [0.717, 1.165) is 33.8 Å². The Morgan fingerprint density at radius 3 is 2.71 bits per heavy atom. The largest absolute Gasteiger partial charge is 0.337 e. The quantitative estimate of drug-likeness (QED) is 0.859. The molecule has 1 fully saturated rings. The molecular formula is C17H19BrN2O. The minimum Gasteiger partial charge on any atom is -0.337 e. The lowest BCUT2D eigenvalue weighted by atomic mass is 9.94. The predicted molar refractivity (Wildman–Crippen MR) is 89.3 cm³/mol. The van der Waals surface area contributed by atoms with Crippen molar-refractivity contribution >= 4 is 32.6 Å². The molecule has 0 aromatic heterocycles. The number of hydrogen-bond donors (Lipinski definition) is 1. The highest BCUT2D eigenvalue weighted by molar-refractivity contribution is 9.10. The molecule has 2 aromatic carbocycles. The van der Waals surface area contributed by atoms with E-state index in [2.05, 4.69) is 28.9 Å². The molecule has 1 saturated heterocycles. The van der Waals surface area contributed by atoms with Gasteiger partial charge in [-0.25, -0.2) is 0 Å². The van der Waals surface area contributed by atoms with Crippen molar-refractivity contribution < 1.29 is 4.79 Å². The number of amides is 1. The summed E-state index contributed by atoms with van der Waals surface area (Å²) < 4.78 is 1.05. The van der Waals surface area contributed by atoms with Gasteiger partial charge in [0, 0.05) is 29.2 Å². The van der Waals surface area contributed by atoms with Crippen LogP contribution < -0.4 is 5.73 Å². The van der Waals surface area contributed by atoms with E-state index in [9.17, 15) is 4.79 Å². The number of likely N-dealkylation sites (tertiary alicyclic amines) is 1. The Kier molecular flexibility index (Phi) is 4.00. The van der Waals surface area contributed by atoms with Crippen LogP contribution >= 0.6 is 15.9 Å². The standard InChI is InChI=1S/C17H19BrN2O/c1-11-6-7-20(10-16(11)19)17(21)14-3-2-13-9-15(18)5-4-12(13)8-14/h2-5,8-9,11,16H,6-7,10,19H2,1H3. The van der Waals surface area contributed by atoms with Crippen molar-refractivity contribution in [3.8, 4) is 0 Å². The highest BCUT2D eigenvalue weighted by Gasteiger charge is 2.26. The Balaban J connectivity index is 1.86. The fraction of sp³-hybridized carbons (Fsp3) is 0.353. The molecule has 0 saturated carbocycles. The van der Waals surface area contributed by atoms with Gasteiger partial charge in [-0.2, -0.15) is 0 Å². The zero-order chi connectivity index (χ0) is 15.0. The van der Waals surface area contributed by atoms with Gasteiger partial charge in [0.2, 0.25) is 0 Å². The topological polar surface area (TPSA) is 46.3 Å². The van der Waals surface area contributed by atoms with Gasteiger partial charge in [-0.05, 0) is 47.4 Å². The van der Waals surface area contributed by atoms with Gasteiger partial charge in [-0.15, -0.1) is 0 Å². The van der Waals surface area contributed by atoms with Crippen molar-refractivity contribution in [3.05, 3.63) is 46.4 Å². The van der Waals surface area contributed by atoms with Crippen molar-refractivity contribution in [2.45, 2.75) is 19.4 Å². The second-order valence-corrected chi connectivity index (χ2v) is 6.80. The van der Waals surface area contributed by atoms with Crippen LogP contribution in [-0.2, 0) is 0 Å². The summed E-state index contributed by atoms with van der Waals surface area (Å²) in [7, 11) is 0. The average Bonchev–Trinajstić information content (AvgIpc) is 2.49. The van der Waals surface area contributed by atoms with Crippen LogP contribution in [0.5, 0.6) is 0 Å². The Morgan fingerprint density at radius 2 is 1.95 bits per heavy atom. The zero-order valence-corrected chi connectivity index (χ0v) is 13.6. The fourth-order valence-corrected chi connectivity index (χ4v) is 3.19. The van der Waals surface area contributed by atoms with Crippen LogP contribution in [0.1, 0.15) is 23.7 Å². The number of fused-ring (bicyclic) bond motifs is 1. The summed E-state index contributed by atoms with van der Waals surface area (Å²) in [4.78, 5) is 14.5. The third-order valence-corrected chi connectivity index (χ3v) is 4.85. The first-order valence-corrected chi connectivity index (χ1v) is 8.08. The van der Waals surface area contributed by atoms with Gasteiger partial charge in [-0.1, -0.05) is 35.0 Å². The maximum atomic E-state index is 12.6. The number of nitrogens with two attached hydrogens (primary N) is 1. The molecule has 3 rings (SSSR count). The van der Waals surface area contributed by atoms with Crippen LogP contribution in [0.3, 0.4) is 0 Å². The molecule has 2 N–H and O–H groups in total. The summed E-state index contributed by atoms with van der Waals surface area (Å²) >= 11 is 3.47. The number of rotatable bonds is 1. The lowest BCUT2D eigenvalue weighted by Gasteiger charge is -2.35. The monoisotopic (exact) mass is 346 g/mol. The molecule has 0 aliphatic carbocycles. The van der Waals surface area contributed by atoms with Crippen LogP contribution in [0.4, 0.5) is 0 Å². The Labute approximate surface area is 133 Å². The summed E-state index contributed by atoms with van der Waals surface area (Å²) in [6.45, 7) is 3.60. The molecule has 4 heteroatoms. The van der Waals surface area contributed by atoms with Crippen LogP contribution in [0, 0.1) is 5.92 Å². The van der Waals surface area contributed by atoms with E-state index >= 15 is 0 Å². The van der Waals surface area contributed by atoms with Crippen LogP contribution in [-0.4, -0.2) is 29.9 Å². The molecule has 0 spiro atoms. The van der Waals surface area contributed by atoms with Crippen molar-refractivity contribution in [3.63, 3.8) is 0 Å². The first kappa shape index (κ1) is 14.5. The number of halogens is 1. The fourth-order valence-electron chi connectivity index (χ4n) is 2.82. The van der Waals surface area contributed by atoms with Gasteiger partial charge >= 0.3 is 0 Å². The SMILES string of the molecule is CC1CCN(C(=O)c2ccc3cc(Br)ccc3c2)CC1N. The molecule has 1 amide bonds. The molecule has 2 atom stereocenters. The van der Waals surface area contributed by atoms with E-state index in [-0.39, 0.29) is 11.9 Å². The summed E-state index contributed by atoms with van der Waals surface area (Å²) in [5.41, 5.74) is 6.83. The van der Waals surface area contributed by atoms with Gasteiger partial charge < -0.3 is 10.6 Å². The van der Waals surface area contributed by atoms with E-state index < -0.39 is 0 Å². The Bertz CT molecular complexity index is 686. The number of carbonyl (C=O) groups is 1. The lowest BCUT2D eigenvalue weighted by molar-refractivity contribution is 0.0672. The number of hydrogen-bond acceptors (Lipinski definition) is 2. The predicted octanol–water partition coefficient (Wildman–Crippen LogP) is 3.41. The zero-order valence-electron chi connectivity index (χ0n) is 12.1. The molecule has 2 aromatic rings. The van der Waals surface area contributed by atoms with Crippen LogP contribution in [0.25, 0.3) is 10.8 Å². The van der Waals surface area contributed by atoms with Crippen molar-refractivity contribution in [1.82, 2.24) is 4.90 Å². The minimum atomic E-state index is 0.0825.